The van der Waals surface area contributed by atoms with E-state index in [2.05, 4.69) is 5.32 Å². The van der Waals surface area contributed by atoms with Gasteiger partial charge in [0.1, 0.15) is 5.54 Å². The van der Waals surface area contributed by atoms with E-state index >= 15 is 0 Å². The fourth-order valence-corrected chi connectivity index (χ4v) is 3.02. The Balaban J connectivity index is 2.19. The Labute approximate surface area is 118 Å². The second-order valence-electron chi connectivity index (χ2n) is 5.18. The van der Waals surface area contributed by atoms with Crippen molar-refractivity contribution in [2.75, 3.05) is 19.4 Å². The highest BCUT2D eigenvalue weighted by atomic mass is 32.2. The third kappa shape index (κ3) is 2.51. The third-order valence-corrected chi connectivity index (χ3v) is 5.46. The van der Waals surface area contributed by atoms with Crippen LogP contribution in [0.2, 0.25) is 0 Å². The number of anilines is 1. The van der Waals surface area contributed by atoms with E-state index in [4.69, 9.17) is 0 Å². The molecule has 1 aliphatic carbocycles. The van der Waals surface area contributed by atoms with Gasteiger partial charge in [-0.15, -0.1) is 0 Å². The molecule has 0 aromatic heterocycles. The van der Waals surface area contributed by atoms with Crippen LogP contribution in [0.1, 0.15) is 19.3 Å². The van der Waals surface area contributed by atoms with Crippen molar-refractivity contribution in [1.82, 2.24) is 4.31 Å². The van der Waals surface area contributed by atoms with Gasteiger partial charge in [-0.3, -0.25) is 0 Å². The Morgan fingerprint density at radius 2 is 1.80 bits per heavy atom. The molecule has 0 atom stereocenters. The molecule has 2 N–H and O–H groups in total. The Hall–Kier alpha value is -1.60. The smallest absolute Gasteiger partial charge is 0.329 e. The first-order valence-corrected chi connectivity index (χ1v) is 7.76. The molecule has 1 fully saturated rings. The summed E-state index contributed by atoms with van der Waals surface area (Å²) in [6.07, 6.45) is 2.05. The summed E-state index contributed by atoms with van der Waals surface area (Å²) in [4.78, 5) is 11.4. The summed E-state index contributed by atoms with van der Waals surface area (Å²) in [5.41, 5.74) is -0.285. The van der Waals surface area contributed by atoms with Crippen LogP contribution in [-0.2, 0) is 14.8 Å². The summed E-state index contributed by atoms with van der Waals surface area (Å²) in [5, 5.41) is 12.2. The lowest BCUT2D eigenvalue weighted by molar-refractivity contribution is -0.145. The molecule has 0 bridgehead atoms. The van der Waals surface area contributed by atoms with Gasteiger partial charge in [-0.25, -0.2) is 17.5 Å². The molecule has 110 valence electrons. The van der Waals surface area contributed by atoms with Crippen LogP contribution in [0.4, 0.5) is 5.69 Å². The molecule has 1 saturated carbocycles. The van der Waals surface area contributed by atoms with Crippen LogP contribution in [-0.4, -0.2) is 43.4 Å². The lowest BCUT2D eigenvalue weighted by Crippen LogP contribution is -2.52. The molecular weight excluding hydrogens is 280 g/mol. The number of carboxylic acid groups (broad SMARTS) is 1. The molecule has 2 rings (SSSR count). The van der Waals surface area contributed by atoms with Gasteiger partial charge in [-0.1, -0.05) is 0 Å². The van der Waals surface area contributed by atoms with Gasteiger partial charge in [0, 0.05) is 19.8 Å². The Morgan fingerprint density at radius 1 is 1.25 bits per heavy atom. The minimum Gasteiger partial charge on any atom is -0.480 e. The number of benzene rings is 1. The van der Waals surface area contributed by atoms with Crippen molar-refractivity contribution in [1.29, 1.82) is 0 Å². The van der Waals surface area contributed by atoms with Crippen LogP contribution >= 0.6 is 0 Å². The molecule has 0 aliphatic heterocycles. The summed E-state index contributed by atoms with van der Waals surface area (Å²) in [5.74, 6) is -0.867. The largest absolute Gasteiger partial charge is 0.480 e. The van der Waals surface area contributed by atoms with E-state index in [1.165, 1.54) is 26.2 Å². The topological polar surface area (TPSA) is 86.7 Å². The molecule has 1 aromatic carbocycles. The van der Waals surface area contributed by atoms with Gasteiger partial charge < -0.3 is 10.4 Å². The van der Waals surface area contributed by atoms with Crippen LogP contribution in [0.25, 0.3) is 0 Å². The van der Waals surface area contributed by atoms with Gasteiger partial charge in [-0.05, 0) is 43.5 Å². The molecule has 6 nitrogen and oxygen atoms in total. The number of nitrogens with one attached hydrogen (secondary N) is 1. The standard InChI is InChI=1S/C13H18N2O4S/c1-15(2)20(18,19)11-6-4-10(5-7-11)14-13(12(16)17)8-3-9-13/h4-7,14H,3,8-9H2,1-2H3,(H,16,17). The van der Waals surface area contributed by atoms with Gasteiger partial charge in [0.2, 0.25) is 10.0 Å². The molecule has 0 saturated heterocycles. The minimum atomic E-state index is -3.46. The maximum Gasteiger partial charge on any atom is 0.329 e. The van der Waals surface area contributed by atoms with E-state index in [1.54, 1.807) is 12.1 Å². The average Bonchev–Trinajstić information content (AvgIpc) is 2.33. The minimum absolute atomic E-state index is 0.186. The molecule has 0 amide bonds. The van der Waals surface area contributed by atoms with Gasteiger partial charge >= 0.3 is 5.97 Å². The van der Waals surface area contributed by atoms with Crippen molar-refractivity contribution in [3.8, 4) is 0 Å². The summed E-state index contributed by atoms with van der Waals surface area (Å²) in [6.45, 7) is 0. The van der Waals surface area contributed by atoms with E-state index in [1.807, 2.05) is 0 Å². The van der Waals surface area contributed by atoms with Crippen molar-refractivity contribution in [3.05, 3.63) is 24.3 Å². The first-order chi connectivity index (χ1) is 9.28. The fourth-order valence-electron chi connectivity index (χ4n) is 2.12. The molecule has 0 spiro atoms. The number of aliphatic carboxylic acids is 1. The second-order valence-corrected chi connectivity index (χ2v) is 7.33. The van der Waals surface area contributed by atoms with E-state index in [-0.39, 0.29) is 4.90 Å². The lowest BCUT2D eigenvalue weighted by Gasteiger charge is -2.39. The van der Waals surface area contributed by atoms with Gasteiger partial charge in [-0.2, -0.15) is 0 Å². The molecule has 0 radical (unpaired) electrons. The summed E-state index contributed by atoms with van der Waals surface area (Å²) >= 11 is 0. The number of carboxylic acids is 1. The van der Waals surface area contributed by atoms with Gasteiger partial charge in [0.25, 0.3) is 0 Å². The van der Waals surface area contributed by atoms with Gasteiger partial charge in [0.15, 0.2) is 0 Å². The van der Waals surface area contributed by atoms with Crippen LogP contribution < -0.4 is 5.32 Å². The predicted molar refractivity (Wildman–Crippen MR) is 75.2 cm³/mol. The normalized spacial score (nSPS) is 17.6. The van der Waals surface area contributed by atoms with E-state index < -0.39 is 21.5 Å². The van der Waals surface area contributed by atoms with Crippen molar-refractivity contribution in [2.24, 2.45) is 0 Å². The zero-order valence-electron chi connectivity index (χ0n) is 11.5. The van der Waals surface area contributed by atoms with Crippen LogP contribution in [0.15, 0.2) is 29.2 Å². The number of hydrogen-bond donors (Lipinski definition) is 2. The molecular formula is C13H18N2O4S. The van der Waals surface area contributed by atoms with E-state index in [0.717, 1.165) is 10.7 Å². The molecule has 7 heteroatoms. The highest BCUT2D eigenvalue weighted by molar-refractivity contribution is 7.89. The zero-order chi connectivity index (χ0) is 15.0. The number of nitrogens with zero attached hydrogens (tertiary/aromatic N) is 1. The van der Waals surface area contributed by atoms with Crippen LogP contribution in [0.3, 0.4) is 0 Å². The Kier molecular flexibility index (Phi) is 3.75. The van der Waals surface area contributed by atoms with Crippen LogP contribution in [0, 0.1) is 0 Å². The van der Waals surface area contributed by atoms with Crippen molar-refractivity contribution in [2.45, 2.75) is 29.7 Å². The SMILES string of the molecule is CN(C)S(=O)(=O)c1ccc(NC2(C(=O)O)CCC2)cc1. The van der Waals surface area contributed by atoms with Crippen LogP contribution in [0.5, 0.6) is 0 Å². The molecule has 1 aliphatic rings. The molecule has 0 heterocycles. The highest BCUT2D eigenvalue weighted by Gasteiger charge is 2.44. The fraction of sp³-hybridized carbons (Fsp3) is 0.462. The highest BCUT2D eigenvalue weighted by Crippen LogP contribution is 2.35. The monoisotopic (exact) mass is 298 g/mol. The third-order valence-electron chi connectivity index (χ3n) is 3.63. The first-order valence-electron chi connectivity index (χ1n) is 6.32. The number of sulfonamides is 1. The molecule has 1 aromatic rings. The summed E-state index contributed by atoms with van der Waals surface area (Å²) in [7, 11) is -0.521. The molecule has 20 heavy (non-hydrogen) atoms. The second kappa shape index (κ2) is 5.06. The maximum atomic E-state index is 11.9. The van der Waals surface area contributed by atoms with Crippen molar-refractivity contribution < 1.29 is 18.3 Å². The van der Waals surface area contributed by atoms with Crippen molar-refractivity contribution >= 4 is 21.7 Å². The average molecular weight is 298 g/mol. The Morgan fingerprint density at radius 3 is 2.15 bits per heavy atom. The lowest BCUT2D eigenvalue weighted by atomic mass is 9.76. The summed E-state index contributed by atoms with van der Waals surface area (Å²) < 4.78 is 25.0. The quantitative estimate of drug-likeness (QED) is 0.857. The predicted octanol–water partition coefficient (Wildman–Crippen LogP) is 1.36. The van der Waals surface area contributed by atoms with Gasteiger partial charge in [0.05, 0.1) is 4.90 Å². The van der Waals surface area contributed by atoms with E-state index in [0.29, 0.717) is 18.5 Å². The number of rotatable bonds is 5. The number of carbonyl (C=O) groups is 1. The first kappa shape index (κ1) is 14.8. The number of hydrogen-bond acceptors (Lipinski definition) is 4. The van der Waals surface area contributed by atoms with E-state index in [9.17, 15) is 18.3 Å². The zero-order valence-corrected chi connectivity index (χ0v) is 12.3. The molecule has 0 unspecified atom stereocenters. The maximum absolute atomic E-state index is 11.9. The summed E-state index contributed by atoms with van der Waals surface area (Å²) in [6, 6.07) is 6.15. The van der Waals surface area contributed by atoms with Crippen molar-refractivity contribution in [3.63, 3.8) is 0 Å². The Bertz CT molecular complexity index is 604.